The number of nitrogens with zero attached hydrogens (tertiary/aromatic N) is 3. The number of hydrogen-bond acceptors (Lipinski definition) is 5. The zero-order chi connectivity index (χ0) is 13.8. The minimum absolute atomic E-state index is 0.743. The Morgan fingerprint density at radius 2 is 1.90 bits per heavy atom. The molecule has 0 atom stereocenters. The summed E-state index contributed by atoms with van der Waals surface area (Å²) in [7, 11) is 0. The molecule has 106 valence electrons. The Balaban J connectivity index is 1.71. The standard InChI is InChI=1S/C14H17N3O2S/c20-12-17-16(11-15-6-8-18-9-7-15)10-14(19-17)13-4-2-1-3-5-13/h1-5,10,12H,6-9,11H2. The molecule has 2 aliphatic rings. The van der Waals surface area contributed by atoms with E-state index in [4.69, 9.17) is 21.8 Å². The summed E-state index contributed by atoms with van der Waals surface area (Å²) in [6.45, 7) is 4.16. The van der Waals surface area contributed by atoms with Gasteiger partial charge in [-0.3, -0.25) is 4.90 Å². The van der Waals surface area contributed by atoms with E-state index in [-0.39, 0.29) is 0 Å². The number of hydroxylamine groups is 1. The van der Waals surface area contributed by atoms with Gasteiger partial charge >= 0.3 is 0 Å². The fourth-order valence-corrected chi connectivity index (χ4v) is 2.40. The Labute approximate surface area is 123 Å². The van der Waals surface area contributed by atoms with Crippen molar-refractivity contribution in [2.24, 2.45) is 0 Å². The molecule has 1 aromatic rings. The summed E-state index contributed by atoms with van der Waals surface area (Å²) in [4.78, 5) is 8.06. The van der Waals surface area contributed by atoms with Crippen LogP contribution >= 0.6 is 12.2 Å². The molecular weight excluding hydrogens is 274 g/mol. The maximum atomic E-state index is 5.75. The number of benzene rings is 1. The fourth-order valence-electron chi connectivity index (χ4n) is 2.23. The van der Waals surface area contributed by atoms with Crippen molar-refractivity contribution < 1.29 is 9.57 Å². The zero-order valence-electron chi connectivity index (χ0n) is 11.1. The van der Waals surface area contributed by atoms with E-state index >= 15 is 0 Å². The van der Waals surface area contributed by atoms with Crippen LogP contribution in [0.4, 0.5) is 0 Å². The molecule has 1 fully saturated rings. The van der Waals surface area contributed by atoms with Crippen LogP contribution < -0.4 is 0 Å². The molecule has 0 bridgehead atoms. The largest absolute Gasteiger partial charge is 0.379 e. The summed E-state index contributed by atoms with van der Waals surface area (Å²) in [5.41, 5.74) is 2.55. The summed E-state index contributed by atoms with van der Waals surface area (Å²) in [6.07, 6.45) is 1.98. The van der Waals surface area contributed by atoms with Gasteiger partial charge in [-0.2, -0.15) is 0 Å². The summed E-state index contributed by atoms with van der Waals surface area (Å²) >= 11 is 5.02. The van der Waals surface area contributed by atoms with E-state index in [0.717, 1.165) is 44.3 Å². The van der Waals surface area contributed by atoms with Crippen molar-refractivity contribution in [3.8, 4) is 0 Å². The van der Waals surface area contributed by atoms with E-state index in [1.807, 2.05) is 41.5 Å². The van der Waals surface area contributed by atoms with Crippen molar-refractivity contribution >= 4 is 23.5 Å². The van der Waals surface area contributed by atoms with E-state index in [1.54, 1.807) is 5.17 Å². The minimum Gasteiger partial charge on any atom is -0.379 e. The highest BCUT2D eigenvalue weighted by Gasteiger charge is 2.24. The second-order valence-electron chi connectivity index (χ2n) is 4.67. The third kappa shape index (κ3) is 2.92. The predicted molar refractivity (Wildman–Crippen MR) is 80.1 cm³/mol. The Kier molecular flexibility index (Phi) is 4.15. The highest BCUT2D eigenvalue weighted by molar-refractivity contribution is 7.78. The van der Waals surface area contributed by atoms with Crippen LogP contribution in [-0.2, 0) is 9.57 Å². The van der Waals surface area contributed by atoms with Gasteiger partial charge in [-0.15, -0.1) is 5.17 Å². The average Bonchev–Trinajstić information content (AvgIpc) is 2.92. The lowest BCUT2D eigenvalue weighted by molar-refractivity contribution is -0.143. The topological polar surface area (TPSA) is 28.2 Å². The molecule has 0 saturated carbocycles. The van der Waals surface area contributed by atoms with Gasteiger partial charge in [0, 0.05) is 18.7 Å². The van der Waals surface area contributed by atoms with Gasteiger partial charge < -0.3 is 9.57 Å². The fraction of sp³-hybridized carbons (Fsp3) is 0.357. The molecule has 1 saturated heterocycles. The van der Waals surface area contributed by atoms with Crippen LogP contribution in [0.1, 0.15) is 5.56 Å². The Bertz CT molecular complexity index is 488. The molecule has 2 aliphatic heterocycles. The molecular formula is C14H17N3O2S. The van der Waals surface area contributed by atoms with Gasteiger partial charge in [0.2, 0.25) is 0 Å². The van der Waals surface area contributed by atoms with E-state index in [2.05, 4.69) is 4.90 Å². The van der Waals surface area contributed by atoms with Gasteiger partial charge in [0.1, 0.15) is 5.49 Å². The molecule has 0 spiro atoms. The van der Waals surface area contributed by atoms with E-state index in [0.29, 0.717) is 0 Å². The molecule has 0 radical (unpaired) electrons. The molecule has 0 unspecified atom stereocenters. The van der Waals surface area contributed by atoms with Gasteiger partial charge in [0.25, 0.3) is 0 Å². The quantitative estimate of drug-likeness (QED) is 0.784. The second-order valence-corrected chi connectivity index (χ2v) is 4.88. The first-order chi connectivity index (χ1) is 9.86. The van der Waals surface area contributed by atoms with Gasteiger partial charge in [0.15, 0.2) is 5.76 Å². The first kappa shape index (κ1) is 13.4. The zero-order valence-corrected chi connectivity index (χ0v) is 12.0. The molecule has 6 heteroatoms. The van der Waals surface area contributed by atoms with Crippen molar-refractivity contribution in [2.45, 2.75) is 0 Å². The van der Waals surface area contributed by atoms with Gasteiger partial charge in [-0.25, -0.2) is 5.01 Å². The first-order valence-corrected chi connectivity index (χ1v) is 7.10. The molecule has 0 aromatic heterocycles. The average molecular weight is 291 g/mol. The van der Waals surface area contributed by atoms with Crippen LogP contribution in [0.3, 0.4) is 0 Å². The smallest absolute Gasteiger partial charge is 0.182 e. The van der Waals surface area contributed by atoms with Crippen LogP contribution in [-0.4, -0.2) is 53.5 Å². The van der Waals surface area contributed by atoms with E-state index < -0.39 is 0 Å². The molecule has 5 nitrogen and oxygen atoms in total. The minimum atomic E-state index is 0.743. The second kappa shape index (κ2) is 6.21. The normalized spacial score (nSPS) is 19.7. The predicted octanol–water partition coefficient (Wildman–Crippen LogP) is 1.70. The van der Waals surface area contributed by atoms with Crippen molar-refractivity contribution in [2.75, 3.05) is 33.0 Å². The Morgan fingerprint density at radius 3 is 2.60 bits per heavy atom. The van der Waals surface area contributed by atoms with Crippen molar-refractivity contribution in [3.05, 3.63) is 42.1 Å². The van der Waals surface area contributed by atoms with Crippen molar-refractivity contribution in [3.63, 3.8) is 0 Å². The van der Waals surface area contributed by atoms with Gasteiger partial charge in [0.05, 0.1) is 26.1 Å². The lowest BCUT2D eigenvalue weighted by Crippen LogP contribution is -2.46. The molecule has 0 amide bonds. The SMILES string of the molecule is S=CN1OC(c2ccccc2)=CN1CN1CCOCC1. The van der Waals surface area contributed by atoms with Crippen LogP contribution in [0.25, 0.3) is 5.76 Å². The number of rotatable bonds is 4. The number of hydrazine groups is 1. The molecule has 20 heavy (non-hydrogen) atoms. The lowest BCUT2D eigenvalue weighted by Gasteiger charge is -2.32. The Morgan fingerprint density at radius 1 is 1.15 bits per heavy atom. The Hall–Kier alpha value is -1.63. The van der Waals surface area contributed by atoms with Crippen molar-refractivity contribution in [1.29, 1.82) is 0 Å². The van der Waals surface area contributed by atoms with E-state index in [1.165, 1.54) is 5.49 Å². The number of morpholine rings is 1. The number of ether oxygens (including phenoxy) is 1. The summed E-state index contributed by atoms with van der Waals surface area (Å²) in [5.74, 6) is 0.806. The molecule has 1 aromatic carbocycles. The summed E-state index contributed by atoms with van der Waals surface area (Å²) < 4.78 is 5.36. The van der Waals surface area contributed by atoms with Crippen LogP contribution in [0.2, 0.25) is 0 Å². The van der Waals surface area contributed by atoms with Crippen LogP contribution in [0.5, 0.6) is 0 Å². The van der Waals surface area contributed by atoms with Crippen LogP contribution in [0, 0.1) is 0 Å². The lowest BCUT2D eigenvalue weighted by atomic mass is 10.2. The molecule has 0 aliphatic carbocycles. The summed E-state index contributed by atoms with van der Waals surface area (Å²) in [6, 6.07) is 10.0. The number of hydrogen-bond donors (Lipinski definition) is 0. The third-order valence-corrected chi connectivity index (χ3v) is 3.49. The summed E-state index contributed by atoms with van der Waals surface area (Å²) in [5, 5.41) is 3.56. The van der Waals surface area contributed by atoms with Gasteiger partial charge in [-0.1, -0.05) is 42.5 Å². The van der Waals surface area contributed by atoms with E-state index in [9.17, 15) is 0 Å². The van der Waals surface area contributed by atoms with Crippen LogP contribution in [0.15, 0.2) is 36.5 Å². The molecule has 2 heterocycles. The van der Waals surface area contributed by atoms with Crippen molar-refractivity contribution in [1.82, 2.24) is 15.1 Å². The highest BCUT2D eigenvalue weighted by atomic mass is 32.1. The third-order valence-electron chi connectivity index (χ3n) is 3.31. The maximum Gasteiger partial charge on any atom is 0.182 e. The monoisotopic (exact) mass is 291 g/mol. The maximum absolute atomic E-state index is 5.75. The number of thiocarbonyl (C=S) groups is 1. The highest BCUT2D eigenvalue weighted by Crippen LogP contribution is 2.25. The molecule has 3 rings (SSSR count). The first-order valence-electron chi connectivity index (χ1n) is 6.63. The molecule has 0 N–H and O–H groups in total. The van der Waals surface area contributed by atoms with Gasteiger partial charge in [-0.05, 0) is 0 Å².